The number of fused-ring (bicyclic) bond motifs is 1. The molecule has 3 rings (SSSR count). The second kappa shape index (κ2) is 4.35. The number of halogens is 1. The van der Waals surface area contributed by atoms with Gasteiger partial charge in [-0.3, -0.25) is 4.57 Å². The third kappa shape index (κ3) is 1.90. The van der Waals surface area contributed by atoms with Gasteiger partial charge in [-0.25, -0.2) is 9.97 Å². The summed E-state index contributed by atoms with van der Waals surface area (Å²) in [5, 5.41) is 0. The van der Waals surface area contributed by atoms with Gasteiger partial charge in [-0.05, 0) is 43.7 Å². The molecule has 0 spiro atoms. The average molecular weight is 317 g/mol. The van der Waals surface area contributed by atoms with Crippen molar-refractivity contribution in [1.29, 1.82) is 0 Å². The second-order valence-electron chi connectivity index (χ2n) is 4.48. The highest BCUT2D eigenvalue weighted by Gasteiger charge is 2.14. The summed E-state index contributed by atoms with van der Waals surface area (Å²) in [6.07, 6.45) is 0. The second-order valence-corrected chi connectivity index (χ2v) is 5.34. The monoisotopic (exact) mass is 316 g/mol. The quantitative estimate of drug-likeness (QED) is 0.748. The molecule has 0 aliphatic carbocycles. The van der Waals surface area contributed by atoms with E-state index < -0.39 is 0 Å². The number of nitrogens with two attached hydrogens (primary N) is 1. The molecular formula is C14H13BrN4. The lowest BCUT2D eigenvalue weighted by molar-refractivity contribution is 1.05. The van der Waals surface area contributed by atoms with Crippen LogP contribution in [0, 0.1) is 13.8 Å². The molecule has 1 aromatic carbocycles. The summed E-state index contributed by atoms with van der Waals surface area (Å²) in [6, 6.07) is 9.88. The summed E-state index contributed by atoms with van der Waals surface area (Å²) in [5.74, 6) is 0.453. The van der Waals surface area contributed by atoms with Gasteiger partial charge in [0.2, 0.25) is 5.95 Å². The SMILES string of the molecule is Cc1ccc2nc(N)n(-c3cccc(Br)c3C)c2n1. The lowest BCUT2D eigenvalue weighted by atomic mass is 10.2. The van der Waals surface area contributed by atoms with Gasteiger partial charge in [-0.1, -0.05) is 22.0 Å². The van der Waals surface area contributed by atoms with Crippen molar-refractivity contribution in [2.75, 3.05) is 5.73 Å². The number of aryl methyl sites for hydroxylation is 1. The van der Waals surface area contributed by atoms with E-state index >= 15 is 0 Å². The Kier molecular flexibility index (Phi) is 2.78. The van der Waals surface area contributed by atoms with Crippen LogP contribution < -0.4 is 5.73 Å². The summed E-state index contributed by atoms with van der Waals surface area (Å²) in [4.78, 5) is 8.91. The molecule has 0 amide bonds. The van der Waals surface area contributed by atoms with Crippen LogP contribution in [0.4, 0.5) is 5.95 Å². The molecule has 0 atom stereocenters. The van der Waals surface area contributed by atoms with Gasteiger partial charge in [-0.2, -0.15) is 0 Å². The van der Waals surface area contributed by atoms with Gasteiger partial charge in [0, 0.05) is 10.2 Å². The minimum absolute atomic E-state index is 0.453. The lowest BCUT2D eigenvalue weighted by Crippen LogP contribution is -2.03. The van der Waals surface area contributed by atoms with E-state index in [0.717, 1.165) is 32.6 Å². The Balaban J connectivity index is 2.39. The molecule has 0 fully saturated rings. The largest absolute Gasteiger partial charge is 0.369 e. The van der Waals surface area contributed by atoms with Crippen LogP contribution in [0.25, 0.3) is 16.9 Å². The molecule has 0 aliphatic heterocycles. The van der Waals surface area contributed by atoms with Crippen LogP contribution in [0.5, 0.6) is 0 Å². The van der Waals surface area contributed by atoms with Gasteiger partial charge in [0.25, 0.3) is 0 Å². The van der Waals surface area contributed by atoms with Gasteiger partial charge < -0.3 is 5.73 Å². The molecule has 96 valence electrons. The summed E-state index contributed by atoms with van der Waals surface area (Å²) in [7, 11) is 0. The van der Waals surface area contributed by atoms with E-state index in [1.807, 2.05) is 48.7 Å². The Morgan fingerprint density at radius 1 is 1.11 bits per heavy atom. The minimum Gasteiger partial charge on any atom is -0.369 e. The molecule has 19 heavy (non-hydrogen) atoms. The molecule has 4 nitrogen and oxygen atoms in total. The maximum absolute atomic E-state index is 6.05. The third-order valence-electron chi connectivity index (χ3n) is 3.15. The van der Waals surface area contributed by atoms with Crippen LogP contribution >= 0.6 is 15.9 Å². The number of rotatable bonds is 1. The maximum atomic E-state index is 6.05. The van der Waals surface area contributed by atoms with Gasteiger partial charge >= 0.3 is 0 Å². The van der Waals surface area contributed by atoms with Gasteiger partial charge in [0.15, 0.2) is 5.65 Å². The van der Waals surface area contributed by atoms with Crippen molar-refractivity contribution in [3.8, 4) is 5.69 Å². The first-order chi connectivity index (χ1) is 9.08. The molecule has 0 saturated heterocycles. The van der Waals surface area contributed by atoms with E-state index in [1.54, 1.807) is 0 Å². The molecule has 3 aromatic rings. The van der Waals surface area contributed by atoms with Crippen LogP contribution in [-0.4, -0.2) is 14.5 Å². The normalized spacial score (nSPS) is 11.1. The highest BCUT2D eigenvalue weighted by molar-refractivity contribution is 9.10. The first-order valence-electron chi connectivity index (χ1n) is 5.95. The molecule has 0 unspecified atom stereocenters. The molecule has 0 saturated carbocycles. The zero-order valence-electron chi connectivity index (χ0n) is 10.7. The minimum atomic E-state index is 0.453. The molecule has 5 heteroatoms. The highest BCUT2D eigenvalue weighted by Crippen LogP contribution is 2.27. The van der Waals surface area contributed by atoms with E-state index in [0.29, 0.717) is 5.95 Å². The number of hydrogen-bond donors (Lipinski definition) is 1. The van der Waals surface area contributed by atoms with Gasteiger partial charge in [0.05, 0.1) is 5.69 Å². The fourth-order valence-electron chi connectivity index (χ4n) is 2.15. The van der Waals surface area contributed by atoms with Crippen molar-refractivity contribution in [3.63, 3.8) is 0 Å². The van der Waals surface area contributed by atoms with E-state index in [4.69, 9.17) is 5.73 Å². The molecule has 2 N–H and O–H groups in total. The third-order valence-corrected chi connectivity index (χ3v) is 4.01. The van der Waals surface area contributed by atoms with Crippen molar-refractivity contribution in [2.45, 2.75) is 13.8 Å². The number of nitrogens with zero attached hydrogens (tertiary/aromatic N) is 3. The molecule has 2 aromatic heterocycles. The Hall–Kier alpha value is -1.88. The van der Waals surface area contributed by atoms with Crippen LogP contribution in [0.15, 0.2) is 34.8 Å². The Morgan fingerprint density at radius 2 is 1.89 bits per heavy atom. The van der Waals surface area contributed by atoms with Crippen LogP contribution in [0.3, 0.4) is 0 Å². The van der Waals surface area contributed by atoms with Crippen LogP contribution in [0.1, 0.15) is 11.3 Å². The molecule has 0 radical (unpaired) electrons. The van der Waals surface area contributed by atoms with Crippen molar-refractivity contribution >= 4 is 33.0 Å². The summed E-state index contributed by atoms with van der Waals surface area (Å²) in [6.45, 7) is 4.00. The Morgan fingerprint density at radius 3 is 2.68 bits per heavy atom. The lowest BCUT2D eigenvalue weighted by Gasteiger charge is -2.10. The van der Waals surface area contributed by atoms with E-state index in [2.05, 4.69) is 25.9 Å². The van der Waals surface area contributed by atoms with Crippen molar-refractivity contribution in [1.82, 2.24) is 14.5 Å². The van der Waals surface area contributed by atoms with Gasteiger partial charge in [0.1, 0.15) is 5.52 Å². The molecule has 0 bridgehead atoms. The summed E-state index contributed by atoms with van der Waals surface area (Å²) >= 11 is 3.54. The van der Waals surface area contributed by atoms with Crippen LogP contribution in [0.2, 0.25) is 0 Å². The highest BCUT2D eigenvalue weighted by atomic mass is 79.9. The number of imidazole rings is 1. The van der Waals surface area contributed by atoms with E-state index in [-0.39, 0.29) is 0 Å². The topological polar surface area (TPSA) is 56.7 Å². The van der Waals surface area contributed by atoms with Crippen molar-refractivity contribution in [3.05, 3.63) is 46.1 Å². The fraction of sp³-hybridized carbons (Fsp3) is 0.143. The number of nitrogen functional groups attached to an aromatic ring is 1. The van der Waals surface area contributed by atoms with E-state index in [9.17, 15) is 0 Å². The average Bonchev–Trinajstić information content (AvgIpc) is 2.69. The molecule has 0 aliphatic rings. The smallest absolute Gasteiger partial charge is 0.207 e. The zero-order valence-corrected chi connectivity index (χ0v) is 12.3. The number of aromatic nitrogens is 3. The van der Waals surface area contributed by atoms with Crippen molar-refractivity contribution < 1.29 is 0 Å². The number of benzene rings is 1. The van der Waals surface area contributed by atoms with E-state index in [1.165, 1.54) is 0 Å². The van der Waals surface area contributed by atoms with Crippen LogP contribution in [-0.2, 0) is 0 Å². The predicted molar refractivity (Wildman–Crippen MR) is 80.5 cm³/mol. The Bertz CT molecular complexity index is 776. The standard InChI is InChI=1S/C14H13BrN4/c1-8-6-7-11-13(17-8)19(14(16)18-11)12-5-3-4-10(15)9(12)2/h3-7H,1-2H3,(H2,16,18). The number of anilines is 1. The zero-order chi connectivity index (χ0) is 13.6. The number of pyridine rings is 1. The fourth-order valence-corrected chi connectivity index (χ4v) is 2.50. The number of hydrogen-bond acceptors (Lipinski definition) is 3. The summed E-state index contributed by atoms with van der Waals surface area (Å²) in [5.41, 5.74) is 10.7. The van der Waals surface area contributed by atoms with Crippen molar-refractivity contribution in [2.24, 2.45) is 0 Å². The first kappa shape index (κ1) is 12.2. The first-order valence-corrected chi connectivity index (χ1v) is 6.74. The predicted octanol–water partition coefficient (Wildman–Crippen LogP) is 3.38. The molecule has 2 heterocycles. The van der Waals surface area contributed by atoms with Gasteiger partial charge in [-0.15, -0.1) is 0 Å². The maximum Gasteiger partial charge on any atom is 0.207 e. The Labute approximate surface area is 119 Å². The summed E-state index contributed by atoms with van der Waals surface area (Å²) < 4.78 is 2.93. The molecular weight excluding hydrogens is 304 g/mol.